The van der Waals surface area contributed by atoms with Crippen molar-refractivity contribution in [2.45, 2.75) is 25.9 Å². The summed E-state index contributed by atoms with van der Waals surface area (Å²) in [4.78, 5) is 22.5. The van der Waals surface area contributed by atoms with Gasteiger partial charge in [-0.2, -0.15) is 5.26 Å². The summed E-state index contributed by atoms with van der Waals surface area (Å²) >= 11 is 0. The molecule has 3 rings (SSSR count). The van der Waals surface area contributed by atoms with Crippen LogP contribution in [0.25, 0.3) is 0 Å². The van der Waals surface area contributed by atoms with Crippen LogP contribution in [0.2, 0.25) is 0 Å². The van der Waals surface area contributed by atoms with E-state index in [2.05, 4.69) is 14.9 Å². The second-order valence-corrected chi connectivity index (χ2v) is 6.46. The van der Waals surface area contributed by atoms with Crippen LogP contribution in [0.1, 0.15) is 34.5 Å². The fourth-order valence-corrected chi connectivity index (χ4v) is 3.21. The number of aryl methyl sites for hydroxylation is 1. The summed E-state index contributed by atoms with van der Waals surface area (Å²) in [6, 6.07) is 7.43. The first-order chi connectivity index (χ1) is 13.5. The second kappa shape index (κ2) is 8.57. The Labute approximate surface area is 163 Å². The molecule has 0 aromatic carbocycles. The van der Waals surface area contributed by atoms with E-state index >= 15 is 0 Å². The fourth-order valence-electron chi connectivity index (χ4n) is 3.21. The molecule has 1 aliphatic rings. The molecule has 2 aromatic rings. The molecule has 0 atom stereocenters. The summed E-state index contributed by atoms with van der Waals surface area (Å²) in [7, 11) is 2.86. The summed E-state index contributed by atoms with van der Waals surface area (Å²) < 4.78 is 15.8. The van der Waals surface area contributed by atoms with Gasteiger partial charge in [-0.1, -0.05) is 0 Å². The second-order valence-electron chi connectivity index (χ2n) is 6.46. The summed E-state index contributed by atoms with van der Waals surface area (Å²) in [6.45, 7) is 3.26. The van der Waals surface area contributed by atoms with Crippen molar-refractivity contribution < 1.29 is 19.0 Å². The first-order valence-corrected chi connectivity index (χ1v) is 8.97. The minimum absolute atomic E-state index is 0.0809. The summed E-state index contributed by atoms with van der Waals surface area (Å²) in [5.74, 6) is 1.40. The van der Waals surface area contributed by atoms with E-state index in [9.17, 15) is 10.1 Å². The molecule has 0 saturated carbocycles. The zero-order valence-corrected chi connectivity index (χ0v) is 16.1. The maximum Gasteiger partial charge on any atom is 0.341 e. The van der Waals surface area contributed by atoms with Crippen LogP contribution in [0.5, 0.6) is 11.6 Å². The van der Waals surface area contributed by atoms with Crippen LogP contribution in [0.15, 0.2) is 24.4 Å². The number of esters is 1. The molecule has 0 bridgehead atoms. The minimum atomic E-state index is -0.548. The number of nitrogens with zero attached hydrogens (tertiary/aromatic N) is 4. The smallest absolute Gasteiger partial charge is 0.341 e. The van der Waals surface area contributed by atoms with E-state index in [1.165, 1.54) is 7.11 Å². The van der Waals surface area contributed by atoms with Crippen LogP contribution in [-0.4, -0.2) is 49.4 Å². The van der Waals surface area contributed by atoms with E-state index in [0.717, 1.165) is 25.9 Å². The average Bonchev–Trinajstić information content (AvgIpc) is 2.73. The number of carbonyl (C=O) groups excluding carboxylic acids is 1. The van der Waals surface area contributed by atoms with Gasteiger partial charge in [0.25, 0.3) is 0 Å². The van der Waals surface area contributed by atoms with Crippen molar-refractivity contribution >= 4 is 11.8 Å². The highest BCUT2D eigenvalue weighted by Gasteiger charge is 2.24. The number of carbonyl (C=O) groups is 1. The molecule has 146 valence electrons. The van der Waals surface area contributed by atoms with Gasteiger partial charge in [-0.25, -0.2) is 14.8 Å². The largest absolute Gasteiger partial charge is 0.489 e. The molecule has 3 heterocycles. The molecule has 0 N–H and O–H groups in total. The Morgan fingerprint density at radius 2 is 2.04 bits per heavy atom. The molecule has 2 aromatic heterocycles. The van der Waals surface area contributed by atoms with Gasteiger partial charge < -0.3 is 19.1 Å². The Balaban J connectivity index is 1.66. The Bertz CT molecular complexity index is 884. The van der Waals surface area contributed by atoms with Gasteiger partial charge in [-0.05, 0) is 24.6 Å². The van der Waals surface area contributed by atoms with Crippen LogP contribution >= 0.6 is 0 Å². The van der Waals surface area contributed by atoms with Gasteiger partial charge >= 0.3 is 5.97 Å². The average molecular weight is 382 g/mol. The number of rotatable bonds is 5. The standard InChI is InChI=1S/C20H22N4O4/c1-13-10-17(23-16(11-21)19(13)20(25)27-3)24-8-6-14(7-9-24)28-15-4-5-18(26-2)22-12-15/h4-5,10,12,14H,6-9H2,1-3H3. The highest BCUT2D eigenvalue weighted by molar-refractivity contribution is 5.93. The zero-order valence-electron chi connectivity index (χ0n) is 16.1. The lowest BCUT2D eigenvalue weighted by molar-refractivity contribution is 0.0599. The van der Waals surface area contributed by atoms with Gasteiger partial charge in [0.2, 0.25) is 5.88 Å². The molecule has 0 spiro atoms. The molecular formula is C20H22N4O4. The van der Waals surface area contributed by atoms with E-state index < -0.39 is 5.97 Å². The van der Waals surface area contributed by atoms with Crippen molar-refractivity contribution in [1.82, 2.24) is 9.97 Å². The Kier molecular flexibility index (Phi) is 5.94. The minimum Gasteiger partial charge on any atom is -0.489 e. The summed E-state index contributed by atoms with van der Waals surface area (Å²) in [5, 5.41) is 9.38. The lowest BCUT2D eigenvalue weighted by Crippen LogP contribution is -2.39. The molecular weight excluding hydrogens is 360 g/mol. The molecule has 0 amide bonds. The summed E-state index contributed by atoms with van der Waals surface area (Å²) in [5.41, 5.74) is 0.986. The van der Waals surface area contributed by atoms with Crippen molar-refractivity contribution in [3.8, 4) is 17.7 Å². The number of hydrogen-bond donors (Lipinski definition) is 0. The molecule has 1 fully saturated rings. The van der Waals surface area contributed by atoms with Gasteiger partial charge in [0.15, 0.2) is 5.69 Å². The number of piperidine rings is 1. The number of ether oxygens (including phenoxy) is 3. The van der Waals surface area contributed by atoms with Gasteiger partial charge in [-0.3, -0.25) is 0 Å². The Hall–Kier alpha value is -3.34. The van der Waals surface area contributed by atoms with E-state index in [-0.39, 0.29) is 17.4 Å². The van der Waals surface area contributed by atoms with Gasteiger partial charge in [0.05, 0.1) is 26.0 Å². The predicted octanol–water partition coefficient (Wildman–Crippen LogP) is 2.50. The lowest BCUT2D eigenvalue weighted by atomic mass is 10.1. The molecule has 0 radical (unpaired) electrons. The van der Waals surface area contributed by atoms with Crippen LogP contribution in [-0.2, 0) is 4.74 Å². The maximum atomic E-state index is 11.9. The van der Waals surface area contributed by atoms with E-state index in [4.69, 9.17) is 14.2 Å². The third-order valence-corrected chi connectivity index (χ3v) is 4.69. The molecule has 0 aliphatic carbocycles. The molecule has 1 saturated heterocycles. The Morgan fingerprint density at radius 3 is 2.61 bits per heavy atom. The highest BCUT2D eigenvalue weighted by Crippen LogP contribution is 2.25. The van der Waals surface area contributed by atoms with Gasteiger partial charge in [0.1, 0.15) is 23.7 Å². The number of hydrogen-bond acceptors (Lipinski definition) is 8. The van der Waals surface area contributed by atoms with Crippen molar-refractivity contribution in [3.63, 3.8) is 0 Å². The third kappa shape index (κ3) is 4.14. The number of pyridine rings is 2. The van der Waals surface area contributed by atoms with E-state index in [1.807, 2.05) is 18.2 Å². The molecule has 0 unspecified atom stereocenters. The van der Waals surface area contributed by atoms with Crippen LogP contribution < -0.4 is 14.4 Å². The van der Waals surface area contributed by atoms with Crippen LogP contribution in [0, 0.1) is 18.3 Å². The third-order valence-electron chi connectivity index (χ3n) is 4.69. The van der Waals surface area contributed by atoms with Crippen molar-refractivity contribution in [1.29, 1.82) is 5.26 Å². The van der Waals surface area contributed by atoms with Crippen LogP contribution in [0.3, 0.4) is 0 Å². The lowest BCUT2D eigenvalue weighted by Gasteiger charge is -2.33. The van der Waals surface area contributed by atoms with Crippen molar-refractivity contribution in [2.24, 2.45) is 0 Å². The molecule has 1 aliphatic heterocycles. The normalized spacial score (nSPS) is 14.3. The van der Waals surface area contributed by atoms with Crippen molar-refractivity contribution in [3.05, 3.63) is 41.2 Å². The van der Waals surface area contributed by atoms with E-state index in [0.29, 0.717) is 23.0 Å². The van der Waals surface area contributed by atoms with E-state index in [1.54, 1.807) is 26.3 Å². The molecule has 28 heavy (non-hydrogen) atoms. The van der Waals surface area contributed by atoms with Crippen molar-refractivity contribution in [2.75, 3.05) is 32.2 Å². The number of aromatic nitrogens is 2. The topological polar surface area (TPSA) is 97.6 Å². The Morgan fingerprint density at radius 1 is 1.29 bits per heavy atom. The summed E-state index contributed by atoms with van der Waals surface area (Å²) in [6.07, 6.45) is 3.36. The predicted molar refractivity (Wildman–Crippen MR) is 102 cm³/mol. The first kappa shape index (κ1) is 19.4. The number of anilines is 1. The molecule has 8 heteroatoms. The molecule has 8 nitrogen and oxygen atoms in total. The fraction of sp³-hybridized carbons (Fsp3) is 0.400. The van der Waals surface area contributed by atoms with Crippen LogP contribution in [0.4, 0.5) is 5.82 Å². The number of nitriles is 1. The van der Waals surface area contributed by atoms with Gasteiger partial charge in [-0.15, -0.1) is 0 Å². The zero-order chi connectivity index (χ0) is 20.1. The number of methoxy groups -OCH3 is 2. The SMILES string of the molecule is COC(=O)c1c(C)cc(N2CCC(Oc3ccc(OC)nc3)CC2)nc1C#N. The van der Waals surface area contributed by atoms with Gasteiger partial charge in [0, 0.05) is 32.0 Å². The monoisotopic (exact) mass is 382 g/mol. The highest BCUT2D eigenvalue weighted by atomic mass is 16.5. The quantitative estimate of drug-likeness (QED) is 0.728. The maximum absolute atomic E-state index is 11.9. The first-order valence-electron chi connectivity index (χ1n) is 8.97.